The fourth-order valence-corrected chi connectivity index (χ4v) is 3.57. The topological polar surface area (TPSA) is 95.5 Å². The average molecular weight is 422 g/mol. The summed E-state index contributed by atoms with van der Waals surface area (Å²) in [6, 6.07) is 9.88. The maximum atomic E-state index is 13.6. The van der Waals surface area contributed by atoms with Crippen LogP contribution in [-0.4, -0.2) is 45.8 Å². The van der Waals surface area contributed by atoms with Crippen molar-refractivity contribution >= 4 is 21.6 Å². The number of hydrogen-bond acceptors (Lipinski definition) is 5. The summed E-state index contributed by atoms with van der Waals surface area (Å²) in [6.45, 7) is 1.83. The van der Waals surface area contributed by atoms with Crippen molar-refractivity contribution in [3.05, 3.63) is 59.5 Å². The highest BCUT2D eigenvalue weighted by molar-refractivity contribution is 7.89. The van der Waals surface area contributed by atoms with Crippen molar-refractivity contribution < 1.29 is 12.8 Å². The van der Waals surface area contributed by atoms with E-state index >= 15 is 0 Å². The Morgan fingerprint density at radius 2 is 1.90 bits per heavy atom. The quantitative estimate of drug-likeness (QED) is 0.310. The molecule has 0 bridgehead atoms. The average Bonchev–Trinajstić information content (AvgIpc) is 2.68. The molecule has 0 aliphatic carbocycles. The van der Waals surface area contributed by atoms with Crippen molar-refractivity contribution in [1.82, 2.24) is 15.6 Å². The monoisotopic (exact) mass is 421 g/mol. The SMILES string of the molecule is CN=C(NCCCCNc1ccccn1)NCc1cc(F)ccc1CS(C)(=O)=O. The Labute approximate surface area is 171 Å². The standard InChI is InChI=1S/C20H28FN5O2S/c1-22-20(25-12-6-5-11-24-19-7-3-4-10-23-19)26-14-17-13-18(21)9-8-16(17)15-29(2,27)28/h3-4,7-10,13H,5-6,11-12,14-15H2,1-2H3,(H,23,24)(H2,22,25,26). The zero-order valence-electron chi connectivity index (χ0n) is 16.8. The molecule has 0 aliphatic heterocycles. The highest BCUT2D eigenvalue weighted by atomic mass is 32.2. The number of unbranched alkanes of at least 4 members (excludes halogenated alkanes) is 1. The highest BCUT2D eigenvalue weighted by Crippen LogP contribution is 2.14. The van der Waals surface area contributed by atoms with Crippen LogP contribution in [-0.2, 0) is 22.1 Å². The largest absolute Gasteiger partial charge is 0.370 e. The van der Waals surface area contributed by atoms with Crippen LogP contribution in [0.15, 0.2) is 47.6 Å². The lowest BCUT2D eigenvalue weighted by molar-refractivity contribution is 0.599. The van der Waals surface area contributed by atoms with E-state index in [1.807, 2.05) is 18.2 Å². The van der Waals surface area contributed by atoms with E-state index in [1.54, 1.807) is 13.2 Å². The first-order chi connectivity index (χ1) is 13.9. The molecule has 0 aliphatic rings. The molecule has 0 spiro atoms. The molecule has 3 N–H and O–H groups in total. The van der Waals surface area contributed by atoms with Crippen molar-refractivity contribution in [2.75, 3.05) is 31.7 Å². The minimum atomic E-state index is -3.21. The Morgan fingerprint density at radius 3 is 2.59 bits per heavy atom. The smallest absolute Gasteiger partial charge is 0.191 e. The van der Waals surface area contributed by atoms with Gasteiger partial charge < -0.3 is 16.0 Å². The number of aliphatic imine (C=N–C) groups is 1. The molecule has 0 unspecified atom stereocenters. The Balaban J connectivity index is 1.75. The molecule has 0 amide bonds. The van der Waals surface area contributed by atoms with Gasteiger partial charge in [-0.05, 0) is 48.2 Å². The summed E-state index contributed by atoms with van der Waals surface area (Å²) in [5, 5.41) is 9.57. The number of benzene rings is 1. The first kappa shape index (κ1) is 22.6. The van der Waals surface area contributed by atoms with Crippen LogP contribution in [0.2, 0.25) is 0 Å². The molecule has 1 aromatic carbocycles. The molecule has 29 heavy (non-hydrogen) atoms. The van der Waals surface area contributed by atoms with Gasteiger partial charge in [0.25, 0.3) is 0 Å². The van der Waals surface area contributed by atoms with Gasteiger partial charge in [0, 0.05) is 39.1 Å². The third-order valence-corrected chi connectivity index (χ3v) is 4.96. The molecule has 2 rings (SSSR count). The molecule has 9 heteroatoms. The summed E-state index contributed by atoms with van der Waals surface area (Å²) in [7, 11) is -1.55. The van der Waals surface area contributed by atoms with Gasteiger partial charge in [0.05, 0.1) is 5.75 Å². The third kappa shape index (κ3) is 8.91. The second-order valence-electron chi connectivity index (χ2n) is 6.68. The number of rotatable bonds is 10. The number of pyridine rings is 1. The Bertz CT molecular complexity index is 904. The van der Waals surface area contributed by atoms with E-state index in [9.17, 15) is 12.8 Å². The lowest BCUT2D eigenvalue weighted by atomic mass is 10.1. The Hall–Kier alpha value is -2.68. The summed E-state index contributed by atoms with van der Waals surface area (Å²) in [5.41, 5.74) is 1.18. The molecule has 0 atom stereocenters. The van der Waals surface area contributed by atoms with E-state index < -0.39 is 15.7 Å². The molecule has 0 saturated heterocycles. The molecule has 158 valence electrons. The summed E-state index contributed by atoms with van der Waals surface area (Å²) < 4.78 is 36.8. The predicted molar refractivity (Wildman–Crippen MR) is 115 cm³/mol. The fraction of sp³-hybridized carbons (Fsp3) is 0.400. The number of hydrogen-bond donors (Lipinski definition) is 3. The molecule has 1 aromatic heterocycles. The molecule has 0 radical (unpaired) electrons. The van der Waals surface area contributed by atoms with Gasteiger partial charge >= 0.3 is 0 Å². The first-order valence-electron chi connectivity index (χ1n) is 9.42. The first-order valence-corrected chi connectivity index (χ1v) is 11.5. The number of guanidine groups is 1. The third-order valence-electron chi connectivity index (χ3n) is 4.12. The zero-order chi connectivity index (χ0) is 21.1. The molecule has 1 heterocycles. The molecule has 7 nitrogen and oxygen atoms in total. The normalized spacial score (nSPS) is 11.9. The summed E-state index contributed by atoms with van der Waals surface area (Å²) >= 11 is 0. The van der Waals surface area contributed by atoms with E-state index in [1.165, 1.54) is 18.2 Å². The van der Waals surface area contributed by atoms with Crippen molar-refractivity contribution in [2.45, 2.75) is 25.1 Å². The minimum Gasteiger partial charge on any atom is -0.370 e. The molecule has 0 saturated carbocycles. The zero-order valence-corrected chi connectivity index (χ0v) is 17.6. The lowest BCUT2D eigenvalue weighted by Gasteiger charge is -2.14. The molecular formula is C20H28FN5O2S. The van der Waals surface area contributed by atoms with Gasteiger partial charge in [0.15, 0.2) is 15.8 Å². The number of nitrogens with one attached hydrogen (secondary N) is 3. The van der Waals surface area contributed by atoms with Gasteiger partial charge in [-0.2, -0.15) is 0 Å². The Morgan fingerprint density at radius 1 is 1.10 bits per heavy atom. The van der Waals surface area contributed by atoms with E-state index in [0.717, 1.165) is 38.0 Å². The van der Waals surface area contributed by atoms with Crippen LogP contribution in [0.1, 0.15) is 24.0 Å². The van der Waals surface area contributed by atoms with E-state index in [2.05, 4.69) is 25.9 Å². The van der Waals surface area contributed by atoms with Crippen LogP contribution in [0, 0.1) is 5.82 Å². The number of aromatic nitrogens is 1. The van der Waals surface area contributed by atoms with Crippen molar-refractivity contribution in [3.8, 4) is 0 Å². The van der Waals surface area contributed by atoms with Crippen LogP contribution in [0.5, 0.6) is 0 Å². The van der Waals surface area contributed by atoms with Gasteiger partial charge in [-0.3, -0.25) is 4.99 Å². The van der Waals surface area contributed by atoms with Crippen LogP contribution < -0.4 is 16.0 Å². The summed E-state index contributed by atoms with van der Waals surface area (Å²) in [4.78, 5) is 8.36. The molecular weight excluding hydrogens is 393 g/mol. The number of halogens is 1. The van der Waals surface area contributed by atoms with Crippen LogP contribution in [0.4, 0.5) is 10.2 Å². The van der Waals surface area contributed by atoms with Gasteiger partial charge in [0.1, 0.15) is 11.6 Å². The van der Waals surface area contributed by atoms with E-state index in [0.29, 0.717) is 17.1 Å². The summed E-state index contributed by atoms with van der Waals surface area (Å²) in [6.07, 6.45) is 4.80. The van der Waals surface area contributed by atoms with Crippen LogP contribution in [0.3, 0.4) is 0 Å². The predicted octanol–water partition coefficient (Wildman–Crippen LogP) is 2.32. The maximum absolute atomic E-state index is 13.6. The lowest BCUT2D eigenvalue weighted by Crippen LogP contribution is -2.37. The Kier molecular flexibility index (Phi) is 8.85. The van der Waals surface area contributed by atoms with Crippen LogP contribution in [0.25, 0.3) is 0 Å². The van der Waals surface area contributed by atoms with E-state index in [-0.39, 0.29) is 12.3 Å². The molecule has 2 aromatic rings. The number of anilines is 1. The van der Waals surface area contributed by atoms with Crippen molar-refractivity contribution in [1.29, 1.82) is 0 Å². The van der Waals surface area contributed by atoms with Gasteiger partial charge in [0.2, 0.25) is 0 Å². The van der Waals surface area contributed by atoms with Gasteiger partial charge in [-0.1, -0.05) is 12.1 Å². The highest BCUT2D eigenvalue weighted by Gasteiger charge is 2.11. The minimum absolute atomic E-state index is 0.125. The van der Waals surface area contributed by atoms with E-state index in [4.69, 9.17) is 0 Å². The second kappa shape index (κ2) is 11.4. The van der Waals surface area contributed by atoms with Crippen LogP contribution >= 0.6 is 0 Å². The fourth-order valence-electron chi connectivity index (χ4n) is 2.72. The molecule has 0 fully saturated rings. The van der Waals surface area contributed by atoms with Crippen molar-refractivity contribution in [3.63, 3.8) is 0 Å². The van der Waals surface area contributed by atoms with Gasteiger partial charge in [-0.15, -0.1) is 0 Å². The van der Waals surface area contributed by atoms with Crippen molar-refractivity contribution in [2.24, 2.45) is 4.99 Å². The number of sulfone groups is 1. The number of nitrogens with zero attached hydrogens (tertiary/aromatic N) is 2. The maximum Gasteiger partial charge on any atom is 0.191 e. The second-order valence-corrected chi connectivity index (χ2v) is 8.82. The summed E-state index contributed by atoms with van der Waals surface area (Å²) in [5.74, 6) is 0.914. The van der Waals surface area contributed by atoms with Gasteiger partial charge in [-0.25, -0.2) is 17.8 Å².